The summed E-state index contributed by atoms with van der Waals surface area (Å²) in [5.74, 6) is 0. The molecule has 2 rings (SSSR count). The lowest BCUT2D eigenvalue weighted by molar-refractivity contribution is 0.515. The summed E-state index contributed by atoms with van der Waals surface area (Å²) in [4.78, 5) is 0. The molecule has 0 radical (unpaired) electrons. The van der Waals surface area contributed by atoms with E-state index in [9.17, 15) is 0 Å². The third-order valence-electron chi connectivity index (χ3n) is 2.98. The Hall–Kier alpha value is -1.27. The van der Waals surface area contributed by atoms with E-state index in [0.29, 0.717) is 6.04 Å². The van der Waals surface area contributed by atoms with Gasteiger partial charge in [-0.1, -0.05) is 4.49 Å². The van der Waals surface area contributed by atoms with Crippen LogP contribution >= 0.6 is 11.5 Å². The van der Waals surface area contributed by atoms with Crippen LogP contribution in [0.15, 0.2) is 5.38 Å². The van der Waals surface area contributed by atoms with Crippen LogP contribution in [0, 0.1) is 13.8 Å². The third-order valence-corrected chi connectivity index (χ3v) is 3.53. The molecule has 98 valence electrons. The van der Waals surface area contributed by atoms with E-state index in [1.807, 2.05) is 5.38 Å². The predicted octanol–water partition coefficient (Wildman–Crippen LogP) is 2.22. The molecular formula is C12H19N5S. The summed E-state index contributed by atoms with van der Waals surface area (Å²) >= 11 is 1.38. The minimum absolute atomic E-state index is 0.403. The van der Waals surface area contributed by atoms with Crippen LogP contribution in [0.5, 0.6) is 0 Å². The molecule has 0 aliphatic heterocycles. The molecule has 2 aromatic heterocycles. The summed E-state index contributed by atoms with van der Waals surface area (Å²) in [5, 5.41) is 13.9. The molecule has 6 heteroatoms. The number of hydrogen-bond acceptors (Lipinski definition) is 5. The molecule has 0 fully saturated rings. The van der Waals surface area contributed by atoms with Crippen molar-refractivity contribution in [2.75, 3.05) is 0 Å². The number of nitrogens with zero attached hydrogens (tertiary/aromatic N) is 4. The van der Waals surface area contributed by atoms with Crippen molar-refractivity contribution in [3.8, 4) is 0 Å². The van der Waals surface area contributed by atoms with Gasteiger partial charge in [0, 0.05) is 35.8 Å². The van der Waals surface area contributed by atoms with E-state index < -0.39 is 0 Å². The Morgan fingerprint density at radius 3 is 2.67 bits per heavy atom. The van der Waals surface area contributed by atoms with Gasteiger partial charge < -0.3 is 5.32 Å². The van der Waals surface area contributed by atoms with Gasteiger partial charge in [0.05, 0.1) is 11.4 Å². The fraction of sp³-hybridized carbons (Fsp3) is 0.583. The molecule has 0 atom stereocenters. The monoisotopic (exact) mass is 265 g/mol. The summed E-state index contributed by atoms with van der Waals surface area (Å²) in [6.45, 7) is 10.1. The highest BCUT2D eigenvalue weighted by atomic mass is 32.1. The zero-order valence-electron chi connectivity index (χ0n) is 11.3. The highest BCUT2D eigenvalue weighted by Gasteiger charge is 2.12. The van der Waals surface area contributed by atoms with Crippen LogP contribution < -0.4 is 5.32 Å². The van der Waals surface area contributed by atoms with Gasteiger partial charge in [-0.2, -0.15) is 5.10 Å². The minimum Gasteiger partial charge on any atom is -0.307 e. The van der Waals surface area contributed by atoms with E-state index in [1.54, 1.807) is 0 Å². The number of rotatable bonds is 5. The highest BCUT2D eigenvalue weighted by Crippen LogP contribution is 2.16. The maximum atomic E-state index is 4.58. The lowest BCUT2D eigenvalue weighted by Crippen LogP contribution is -2.14. The lowest BCUT2D eigenvalue weighted by Gasteiger charge is -2.09. The number of aromatic nitrogens is 4. The molecule has 0 saturated carbocycles. The normalized spacial score (nSPS) is 11.4. The summed E-state index contributed by atoms with van der Waals surface area (Å²) in [6.07, 6.45) is 0. The first-order valence-electron chi connectivity index (χ1n) is 6.10. The van der Waals surface area contributed by atoms with Crippen LogP contribution in [-0.2, 0) is 13.1 Å². The van der Waals surface area contributed by atoms with Gasteiger partial charge in [-0.25, -0.2) is 0 Å². The summed E-state index contributed by atoms with van der Waals surface area (Å²) in [5.41, 5.74) is 4.62. The smallest absolute Gasteiger partial charge is 0.0893 e. The number of nitrogens with one attached hydrogen (secondary N) is 1. The van der Waals surface area contributed by atoms with Crippen molar-refractivity contribution in [3.63, 3.8) is 0 Å². The molecular weight excluding hydrogens is 246 g/mol. The molecule has 5 nitrogen and oxygen atoms in total. The van der Waals surface area contributed by atoms with E-state index in [-0.39, 0.29) is 0 Å². The van der Waals surface area contributed by atoms with Gasteiger partial charge in [-0.3, -0.25) is 4.68 Å². The first-order valence-corrected chi connectivity index (χ1v) is 6.94. The Kier molecular flexibility index (Phi) is 4.08. The zero-order chi connectivity index (χ0) is 13.1. The molecule has 0 spiro atoms. The molecule has 1 N–H and O–H groups in total. The molecule has 0 unspecified atom stereocenters. The Morgan fingerprint density at radius 2 is 2.11 bits per heavy atom. The minimum atomic E-state index is 0.403. The highest BCUT2D eigenvalue weighted by molar-refractivity contribution is 7.03. The van der Waals surface area contributed by atoms with Crippen molar-refractivity contribution >= 4 is 11.5 Å². The molecule has 0 aromatic carbocycles. The quantitative estimate of drug-likeness (QED) is 0.900. The van der Waals surface area contributed by atoms with Crippen molar-refractivity contribution < 1.29 is 0 Å². The summed E-state index contributed by atoms with van der Waals surface area (Å²) in [6, 6.07) is 0.403. The van der Waals surface area contributed by atoms with Crippen LogP contribution in [0.1, 0.15) is 42.5 Å². The van der Waals surface area contributed by atoms with Crippen molar-refractivity contribution in [2.45, 2.75) is 46.8 Å². The number of hydrogen-bond donors (Lipinski definition) is 1. The molecule has 0 aliphatic carbocycles. The average molecular weight is 265 g/mol. The van der Waals surface area contributed by atoms with Crippen LogP contribution in [0.25, 0.3) is 0 Å². The second-order valence-electron chi connectivity index (χ2n) is 4.69. The second-order valence-corrected chi connectivity index (χ2v) is 5.30. The molecule has 0 amide bonds. The Bertz CT molecular complexity index is 501. The Morgan fingerprint density at radius 1 is 1.33 bits per heavy atom. The van der Waals surface area contributed by atoms with Gasteiger partial charge in [0.1, 0.15) is 0 Å². The fourth-order valence-electron chi connectivity index (χ4n) is 2.03. The van der Waals surface area contributed by atoms with Gasteiger partial charge in [-0.05, 0) is 39.2 Å². The third kappa shape index (κ3) is 2.76. The van der Waals surface area contributed by atoms with E-state index in [1.165, 1.54) is 22.8 Å². The Balaban J connectivity index is 2.01. The molecule has 0 bridgehead atoms. The van der Waals surface area contributed by atoms with E-state index in [2.05, 4.69) is 52.4 Å². The first kappa shape index (κ1) is 13.2. The van der Waals surface area contributed by atoms with Gasteiger partial charge in [0.2, 0.25) is 0 Å². The van der Waals surface area contributed by atoms with Crippen molar-refractivity contribution in [1.82, 2.24) is 24.7 Å². The van der Waals surface area contributed by atoms with Crippen LogP contribution in [0.4, 0.5) is 0 Å². The molecule has 0 aliphatic rings. The topological polar surface area (TPSA) is 55.6 Å². The summed E-state index contributed by atoms with van der Waals surface area (Å²) < 4.78 is 5.93. The van der Waals surface area contributed by atoms with Crippen molar-refractivity contribution in [1.29, 1.82) is 0 Å². The number of aryl methyl sites for hydroxylation is 1. The first-order chi connectivity index (χ1) is 8.59. The van der Waals surface area contributed by atoms with Crippen molar-refractivity contribution in [3.05, 3.63) is 28.0 Å². The standard InChI is InChI=1S/C12H19N5S/c1-8(2)17-10(4)12(9(3)15-17)6-13-5-11-7-18-16-14-11/h7-8,13H,5-6H2,1-4H3. The lowest BCUT2D eigenvalue weighted by atomic mass is 10.2. The van der Waals surface area contributed by atoms with Gasteiger partial charge in [0.25, 0.3) is 0 Å². The van der Waals surface area contributed by atoms with Crippen molar-refractivity contribution in [2.24, 2.45) is 0 Å². The maximum absolute atomic E-state index is 4.58. The second kappa shape index (κ2) is 5.58. The Labute approximate surface area is 111 Å². The fourth-order valence-corrected chi connectivity index (χ4v) is 2.48. The molecule has 2 heterocycles. The van der Waals surface area contributed by atoms with Gasteiger partial charge in [0.15, 0.2) is 0 Å². The zero-order valence-corrected chi connectivity index (χ0v) is 12.1. The summed E-state index contributed by atoms with van der Waals surface area (Å²) in [7, 11) is 0. The average Bonchev–Trinajstić information content (AvgIpc) is 2.91. The van der Waals surface area contributed by atoms with Crippen LogP contribution in [-0.4, -0.2) is 19.4 Å². The van der Waals surface area contributed by atoms with E-state index in [0.717, 1.165) is 24.5 Å². The largest absolute Gasteiger partial charge is 0.307 e. The molecule has 2 aromatic rings. The van der Waals surface area contributed by atoms with Gasteiger partial charge in [-0.15, -0.1) is 5.10 Å². The predicted molar refractivity (Wildman–Crippen MR) is 72.5 cm³/mol. The van der Waals surface area contributed by atoms with Crippen LogP contribution in [0.2, 0.25) is 0 Å². The SMILES string of the molecule is Cc1nn(C(C)C)c(C)c1CNCc1csnn1. The van der Waals surface area contributed by atoms with E-state index >= 15 is 0 Å². The van der Waals surface area contributed by atoms with Crippen LogP contribution in [0.3, 0.4) is 0 Å². The molecule has 0 saturated heterocycles. The maximum Gasteiger partial charge on any atom is 0.0893 e. The van der Waals surface area contributed by atoms with E-state index in [4.69, 9.17) is 0 Å². The van der Waals surface area contributed by atoms with Gasteiger partial charge >= 0.3 is 0 Å². The molecule has 18 heavy (non-hydrogen) atoms.